The number of ether oxygens (including phenoxy) is 1. The van der Waals surface area contributed by atoms with Gasteiger partial charge in [-0.05, 0) is 30.5 Å². The largest absolute Gasteiger partial charge is 0.494 e. The minimum Gasteiger partial charge on any atom is -0.494 e. The number of carbonyl (C=O) groups is 1. The van der Waals surface area contributed by atoms with E-state index in [-0.39, 0.29) is 6.54 Å². The van der Waals surface area contributed by atoms with Crippen molar-refractivity contribution in [2.45, 2.75) is 65.3 Å². The van der Waals surface area contributed by atoms with Gasteiger partial charge in [-0.15, -0.1) is 0 Å². The molecule has 0 aliphatic heterocycles. The number of urea groups is 1. The van der Waals surface area contributed by atoms with Crippen LogP contribution >= 0.6 is 0 Å². The highest BCUT2D eigenvalue weighted by Gasteiger charge is 2.19. The Bertz CT molecular complexity index is 821. The van der Waals surface area contributed by atoms with Gasteiger partial charge in [-0.2, -0.15) is 0 Å². The minimum atomic E-state index is -1.15. The third kappa shape index (κ3) is 8.44. The molecule has 176 valence electrons. The maximum absolute atomic E-state index is 14.0. The molecule has 0 saturated heterocycles. The van der Waals surface area contributed by atoms with E-state index in [2.05, 4.69) is 19.2 Å². The molecule has 0 unspecified atom stereocenters. The first kappa shape index (κ1) is 25.6. The predicted octanol–water partition coefficient (Wildman–Crippen LogP) is 7.29. The fraction of sp³-hybridized carbons (Fsp3) is 0.480. The van der Waals surface area contributed by atoms with Crippen LogP contribution in [0.1, 0.15) is 64.4 Å². The first-order valence-electron chi connectivity index (χ1n) is 11.4. The van der Waals surface area contributed by atoms with Crippen LogP contribution in [0.4, 0.5) is 23.7 Å². The van der Waals surface area contributed by atoms with Crippen LogP contribution in [0.2, 0.25) is 0 Å². The molecular formula is C25H33F3N2O2. The zero-order chi connectivity index (χ0) is 23.3. The Morgan fingerprint density at radius 2 is 1.53 bits per heavy atom. The van der Waals surface area contributed by atoms with Gasteiger partial charge in [-0.3, -0.25) is 0 Å². The summed E-state index contributed by atoms with van der Waals surface area (Å²) in [5.74, 6) is -2.57. The fourth-order valence-electron chi connectivity index (χ4n) is 3.25. The lowest BCUT2D eigenvalue weighted by Crippen LogP contribution is -2.35. The number of unbranched alkanes of at least 4 members (excludes halogenated alkanes) is 5. The van der Waals surface area contributed by atoms with E-state index < -0.39 is 29.2 Å². The summed E-state index contributed by atoms with van der Waals surface area (Å²) in [4.78, 5) is 14.3. The number of hydrogen-bond donors (Lipinski definition) is 1. The van der Waals surface area contributed by atoms with Gasteiger partial charge < -0.3 is 15.0 Å². The first-order valence-corrected chi connectivity index (χ1v) is 11.4. The lowest BCUT2D eigenvalue weighted by molar-refractivity contribution is 0.207. The van der Waals surface area contributed by atoms with Gasteiger partial charge >= 0.3 is 6.03 Å². The molecule has 0 radical (unpaired) electrons. The van der Waals surface area contributed by atoms with Crippen molar-refractivity contribution in [2.24, 2.45) is 0 Å². The highest BCUT2D eigenvalue weighted by molar-refractivity contribution is 5.89. The maximum atomic E-state index is 14.0. The fourth-order valence-corrected chi connectivity index (χ4v) is 3.25. The highest BCUT2D eigenvalue weighted by Crippen LogP contribution is 2.22. The maximum Gasteiger partial charge on any atom is 0.322 e. The van der Waals surface area contributed by atoms with E-state index in [1.54, 1.807) is 0 Å². The number of rotatable bonds is 13. The molecule has 0 fully saturated rings. The standard InChI is InChI=1S/C25H33F3N2O2/c1-3-5-7-8-9-14-30(18-19-10-12-21(13-11-19)32-15-6-4-2)25(31)29-24-22(27)16-20(26)17-23(24)28/h10-13,16-17H,3-9,14-15,18H2,1-2H3,(H,29,31). The summed E-state index contributed by atoms with van der Waals surface area (Å²) in [5.41, 5.74) is 0.226. The normalized spacial score (nSPS) is 10.8. The smallest absolute Gasteiger partial charge is 0.322 e. The van der Waals surface area contributed by atoms with Crippen LogP contribution in [0, 0.1) is 17.5 Å². The first-order chi connectivity index (χ1) is 15.4. The van der Waals surface area contributed by atoms with Crippen molar-refractivity contribution >= 4 is 11.7 Å². The van der Waals surface area contributed by atoms with E-state index in [1.165, 1.54) is 4.90 Å². The van der Waals surface area contributed by atoms with Gasteiger partial charge in [0.05, 0.1) is 6.61 Å². The third-order valence-corrected chi connectivity index (χ3v) is 5.12. The zero-order valence-electron chi connectivity index (χ0n) is 18.9. The summed E-state index contributed by atoms with van der Waals surface area (Å²) >= 11 is 0. The minimum absolute atomic E-state index is 0.277. The average Bonchev–Trinajstić information content (AvgIpc) is 2.76. The quantitative estimate of drug-likeness (QED) is 0.326. The van der Waals surface area contributed by atoms with E-state index >= 15 is 0 Å². The van der Waals surface area contributed by atoms with Crippen LogP contribution in [0.5, 0.6) is 5.75 Å². The van der Waals surface area contributed by atoms with Crippen LogP contribution in [0.25, 0.3) is 0 Å². The number of hydrogen-bond acceptors (Lipinski definition) is 2. The Hall–Kier alpha value is -2.70. The molecule has 0 spiro atoms. The Morgan fingerprint density at radius 1 is 0.906 bits per heavy atom. The van der Waals surface area contributed by atoms with Gasteiger partial charge in [0, 0.05) is 25.2 Å². The Labute approximate surface area is 188 Å². The molecule has 2 aromatic carbocycles. The number of benzene rings is 2. The van der Waals surface area contributed by atoms with Gasteiger partial charge in [0.25, 0.3) is 0 Å². The van der Waals surface area contributed by atoms with Crippen LogP contribution in [-0.4, -0.2) is 24.1 Å². The summed E-state index contributed by atoms with van der Waals surface area (Å²) in [6.45, 7) is 5.59. The molecule has 2 aromatic rings. The zero-order valence-corrected chi connectivity index (χ0v) is 18.9. The van der Waals surface area contributed by atoms with E-state index in [9.17, 15) is 18.0 Å². The summed E-state index contributed by atoms with van der Waals surface area (Å²) in [6, 6.07) is 7.91. The van der Waals surface area contributed by atoms with Crippen molar-refractivity contribution in [3.05, 3.63) is 59.4 Å². The Kier molecular flexibility index (Phi) is 10.9. The molecule has 0 saturated carbocycles. The van der Waals surface area contributed by atoms with Gasteiger partial charge in [0.1, 0.15) is 17.3 Å². The van der Waals surface area contributed by atoms with Crippen molar-refractivity contribution in [3.63, 3.8) is 0 Å². The average molecular weight is 451 g/mol. The predicted molar refractivity (Wildman–Crippen MR) is 121 cm³/mol. The second-order valence-corrected chi connectivity index (χ2v) is 7.86. The highest BCUT2D eigenvalue weighted by atomic mass is 19.1. The molecule has 2 amide bonds. The van der Waals surface area contributed by atoms with Crippen molar-refractivity contribution in [1.29, 1.82) is 0 Å². The van der Waals surface area contributed by atoms with Crippen LogP contribution in [0.3, 0.4) is 0 Å². The molecule has 0 atom stereocenters. The number of nitrogens with zero attached hydrogens (tertiary/aromatic N) is 1. The molecule has 1 N–H and O–H groups in total. The van der Waals surface area contributed by atoms with Crippen molar-refractivity contribution < 1.29 is 22.7 Å². The Morgan fingerprint density at radius 3 is 2.16 bits per heavy atom. The summed E-state index contributed by atoms with van der Waals surface area (Å²) in [7, 11) is 0. The van der Waals surface area contributed by atoms with E-state index in [1.807, 2.05) is 24.3 Å². The Balaban J connectivity index is 2.07. The van der Waals surface area contributed by atoms with Gasteiger partial charge in [0.15, 0.2) is 11.6 Å². The molecule has 0 aliphatic carbocycles. The van der Waals surface area contributed by atoms with Gasteiger partial charge in [-0.25, -0.2) is 18.0 Å². The van der Waals surface area contributed by atoms with Crippen molar-refractivity contribution in [3.8, 4) is 5.75 Å². The monoisotopic (exact) mass is 450 g/mol. The number of nitrogens with one attached hydrogen (secondary N) is 1. The second-order valence-electron chi connectivity index (χ2n) is 7.86. The summed E-state index contributed by atoms with van der Waals surface area (Å²) in [5, 5.41) is 2.27. The molecular weight excluding hydrogens is 417 g/mol. The number of anilines is 1. The molecule has 2 rings (SSSR count). The van der Waals surface area contributed by atoms with E-state index in [0.717, 1.165) is 56.3 Å². The topological polar surface area (TPSA) is 41.6 Å². The van der Waals surface area contributed by atoms with Crippen LogP contribution in [0.15, 0.2) is 36.4 Å². The van der Waals surface area contributed by atoms with Crippen LogP contribution in [-0.2, 0) is 6.54 Å². The third-order valence-electron chi connectivity index (χ3n) is 5.12. The second kappa shape index (κ2) is 13.7. The van der Waals surface area contributed by atoms with Gasteiger partial charge in [0.2, 0.25) is 0 Å². The molecule has 4 nitrogen and oxygen atoms in total. The lowest BCUT2D eigenvalue weighted by atomic mass is 10.1. The lowest BCUT2D eigenvalue weighted by Gasteiger charge is -2.24. The molecule has 0 bridgehead atoms. The molecule has 7 heteroatoms. The van der Waals surface area contributed by atoms with E-state index in [4.69, 9.17) is 4.74 Å². The van der Waals surface area contributed by atoms with Crippen LogP contribution < -0.4 is 10.1 Å². The summed E-state index contributed by atoms with van der Waals surface area (Å²) < 4.78 is 46.8. The molecule has 32 heavy (non-hydrogen) atoms. The molecule has 0 heterocycles. The number of carbonyl (C=O) groups excluding carboxylic acids is 1. The molecule has 0 aromatic heterocycles. The van der Waals surface area contributed by atoms with Crippen molar-refractivity contribution in [1.82, 2.24) is 4.90 Å². The van der Waals surface area contributed by atoms with Crippen molar-refractivity contribution in [2.75, 3.05) is 18.5 Å². The SMILES string of the molecule is CCCCCCCN(Cc1ccc(OCCCC)cc1)C(=O)Nc1c(F)cc(F)cc1F. The van der Waals surface area contributed by atoms with E-state index in [0.29, 0.717) is 25.3 Å². The summed E-state index contributed by atoms with van der Waals surface area (Å²) in [6.07, 6.45) is 7.07. The number of halogens is 3. The molecule has 0 aliphatic rings. The number of amides is 2. The van der Waals surface area contributed by atoms with Gasteiger partial charge in [-0.1, -0.05) is 58.1 Å².